The lowest BCUT2D eigenvalue weighted by atomic mass is 10.1. The quantitative estimate of drug-likeness (QED) is 0.943. The van der Waals surface area contributed by atoms with Crippen molar-refractivity contribution in [3.05, 3.63) is 46.7 Å². The van der Waals surface area contributed by atoms with Crippen molar-refractivity contribution in [3.8, 4) is 0 Å². The maximum absolute atomic E-state index is 12.3. The molecule has 1 heterocycles. The minimum absolute atomic E-state index is 0.190. The summed E-state index contributed by atoms with van der Waals surface area (Å²) in [6.07, 6.45) is 1.67. The van der Waals surface area contributed by atoms with Crippen LogP contribution in [0, 0.1) is 6.92 Å². The van der Waals surface area contributed by atoms with Gasteiger partial charge in [0.2, 0.25) is 10.0 Å². The number of aryl methyl sites for hydroxylation is 1. The van der Waals surface area contributed by atoms with Gasteiger partial charge in [0.25, 0.3) is 0 Å². The second-order valence-corrected chi connectivity index (χ2v) is 6.76. The van der Waals surface area contributed by atoms with Crippen molar-refractivity contribution in [2.45, 2.75) is 24.8 Å². The van der Waals surface area contributed by atoms with Crippen molar-refractivity contribution in [2.24, 2.45) is 7.05 Å². The van der Waals surface area contributed by atoms with E-state index < -0.39 is 10.0 Å². The fourth-order valence-electron chi connectivity index (χ4n) is 1.92. The molecule has 0 aliphatic carbocycles. The van der Waals surface area contributed by atoms with Crippen LogP contribution in [0.3, 0.4) is 0 Å². The van der Waals surface area contributed by atoms with Gasteiger partial charge in [-0.2, -0.15) is 5.10 Å². The van der Waals surface area contributed by atoms with Gasteiger partial charge in [0.15, 0.2) is 0 Å². The van der Waals surface area contributed by atoms with Crippen LogP contribution in [-0.4, -0.2) is 18.2 Å². The zero-order valence-electron chi connectivity index (χ0n) is 11.5. The molecule has 0 amide bonds. The van der Waals surface area contributed by atoms with Crippen LogP contribution < -0.4 is 4.72 Å². The van der Waals surface area contributed by atoms with E-state index in [0.29, 0.717) is 5.02 Å². The molecule has 0 saturated heterocycles. The van der Waals surface area contributed by atoms with Gasteiger partial charge in [0, 0.05) is 29.4 Å². The molecule has 7 heteroatoms. The third-order valence-corrected chi connectivity index (χ3v) is 5.00. The Morgan fingerprint density at radius 3 is 2.40 bits per heavy atom. The van der Waals surface area contributed by atoms with Gasteiger partial charge >= 0.3 is 0 Å². The molecule has 108 valence electrons. The van der Waals surface area contributed by atoms with Gasteiger partial charge < -0.3 is 0 Å². The van der Waals surface area contributed by atoms with Crippen LogP contribution in [0.2, 0.25) is 5.02 Å². The molecule has 5 nitrogen and oxygen atoms in total. The summed E-state index contributed by atoms with van der Waals surface area (Å²) < 4.78 is 28.9. The molecular formula is C13H16ClN3O2S. The molecule has 20 heavy (non-hydrogen) atoms. The predicted octanol–water partition coefficient (Wildman–Crippen LogP) is 2.42. The number of aromatic nitrogens is 2. The molecule has 0 fully saturated rings. The van der Waals surface area contributed by atoms with Crippen LogP contribution in [-0.2, 0) is 17.1 Å². The summed E-state index contributed by atoms with van der Waals surface area (Å²) in [5, 5.41) is 4.62. The van der Waals surface area contributed by atoms with E-state index in [1.165, 1.54) is 12.1 Å². The SMILES string of the molecule is Cc1c(C(C)NS(=O)(=O)c2ccc(Cl)cc2)cnn1C. The smallest absolute Gasteiger partial charge is 0.241 e. The van der Waals surface area contributed by atoms with Crippen LogP contribution in [0.25, 0.3) is 0 Å². The van der Waals surface area contributed by atoms with Crippen molar-refractivity contribution < 1.29 is 8.42 Å². The van der Waals surface area contributed by atoms with Crippen LogP contribution in [0.5, 0.6) is 0 Å². The number of hydrogen-bond acceptors (Lipinski definition) is 3. The Hall–Kier alpha value is -1.37. The van der Waals surface area contributed by atoms with Crippen molar-refractivity contribution in [1.82, 2.24) is 14.5 Å². The largest absolute Gasteiger partial charge is 0.273 e. The Balaban J connectivity index is 2.24. The van der Waals surface area contributed by atoms with E-state index in [4.69, 9.17) is 11.6 Å². The van der Waals surface area contributed by atoms with Gasteiger partial charge in [-0.05, 0) is 38.1 Å². The first-order valence-electron chi connectivity index (χ1n) is 6.07. The Labute approximate surface area is 123 Å². The first-order valence-corrected chi connectivity index (χ1v) is 7.94. The van der Waals surface area contributed by atoms with E-state index in [1.807, 2.05) is 14.0 Å². The Morgan fingerprint density at radius 1 is 1.30 bits per heavy atom. The highest BCUT2D eigenvalue weighted by atomic mass is 35.5. The standard InChI is InChI=1S/C13H16ClN3O2S/c1-9(13-8-15-17(3)10(13)2)16-20(18,19)12-6-4-11(14)5-7-12/h4-9,16H,1-3H3. The minimum atomic E-state index is -3.58. The summed E-state index contributed by atoms with van der Waals surface area (Å²) in [6.45, 7) is 3.69. The first-order chi connectivity index (χ1) is 9.31. The average molecular weight is 314 g/mol. The number of nitrogens with zero attached hydrogens (tertiary/aromatic N) is 2. The number of benzene rings is 1. The lowest BCUT2D eigenvalue weighted by Crippen LogP contribution is -2.27. The normalized spacial score (nSPS) is 13.4. The molecule has 1 aromatic carbocycles. The van der Waals surface area contributed by atoms with Crippen LogP contribution >= 0.6 is 11.6 Å². The van der Waals surface area contributed by atoms with E-state index >= 15 is 0 Å². The zero-order valence-corrected chi connectivity index (χ0v) is 13.0. The molecule has 0 bridgehead atoms. The van der Waals surface area contributed by atoms with Crippen molar-refractivity contribution in [3.63, 3.8) is 0 Å². The van der Waals surface area contributed by atoms with E-state index in [1.54, 1.807) is 29.9 Å². The minimum Gasteiger partial charge on any atom is -0.273 e. The summed E-state index contributed by atoms with van der Waals surface area (Å²) in [4.78, 5) is 0.190. The van der Waals surface area contributed by atoms with Gasteiger partial charge in [0.05, 0.1) is 11.1 Å². The number of hydrogen-bond donors (Lipinski definition) is 1. The molecule has 0 aliphatic heterocycles. The molecular weight excluding hydrogens is 298 g/mol. The lowest BCUT2D eigenvalue weighted by Gasteiger charge is -2.14. The Bertz CT molecular complexity index is 708. The van der Waals surface area contributed by atoms with Crippen molar-refractivity contribution in [1.29, 1.82) is 0 Å². The third kappa shape index (κ3) is 3.03. The Morgan fingerprint density at radius 2 is 1.90 bits per heavy atom. The third-order valence-electron chi connectivity index (χ3n) is 3.20. The average Bonchev–Trinajstić information content (AvgIpc) is 2.70. The van der Waals surface area contributed by atoms with Gasteiger partial charge in [0.1, 0.15) is 0 Å². The second-order valence-electron chi connectivity index (χ2n) is 4.61. The molecule has 0 radical (unpaired) electrons. The molecule has 2 rings (SSSR count). The summed E-state index contributed by atoms with van der Waals surface area (Å²) in [6, 6.07) is 5.71. The summed E-state index contributed by atoms with van der Waals surface area (Å²) in [5.41, 5.74) is 1.78. The summed E-state index contributed by atoms with van der Waals surface area (Å²) >= 11 is 5.76. The summed E-state index contributed by atoms with van der Waals surface area (Å²) in [7, 11) is -1.76. The summed E-state index contributed by atoms with van der Waals surface area (Å²) in [5.74, 6) is 0. The molecule has 0 spiro atoms. The van der Waals surface area contributed by atoms with E-state index in [-0.39, 0.29) is 10.9 Å². The predicted molar refractivity (Wildman–Crippen MR) is 78.1 cm³/mol. The second kappa shape index (κ2) is 5.55. The van der Waals surface area contributed by atoms with E-state index in [2.05, 4.69) is 9.82 Å². The topological polar surface area (TPSA) is 64.0 Å². The number of sulfonamides is 1. The van der Waals surface area contributed by atoms with Gasteiger partial charge in [-0.3, -0.25) is 4.68 Å². The van der Waals surface area contributed by atoms with Crippen molar-refractivity contribution in [2.75, 3.05) is 0 Å². The lowest BCUT2D eigenvalue weighted by molar-refractivity contribution is 0.566. The molecule has 0 saturated carbocycles. The first kappa shape index (κ1) is 15.0. The number of halogens is 1. The number of rotatable bonds is 4. The Kier molecular flexibility index (Phi) is 4.17. The fraction of sp³-hybridized carbons (Fsp3) is 0.308. The van der Waals surface area contributed by atoms with Crippen LogP contribution in [0.15, 0.2) is 35.4 Å². The highest BCUT2D eigenvalue weighted by Crippen LogP contribution is 2.20. The molecule has 1 unspecified atom stereocenters. The number of nitrogens with one attached hydrogen (secondary N) is 1. The molecule has 1 N–H and O–H groups in total. The molecule has 1 atom stereocenters. The molecule has 0 aliphatic rings. The maximum atomic E-state index is 12.3. The monoisotopic (exact) mass is 313 g/mol. The van der Waals surface area contributed by atoms with Gasteiger partial charge in [-0.15, -0.1) is 0 Å². The van der Waals surface area contributed by atoms with Crippen LogP contribution in [0.1, 0.15) is 24.2 Å². The molecule has 2 aromatic rings. The highest BCUT2D eigenvalue weighted by molar-refractivity contribution is 7.89. The van der Waals surface area contributed by atoms with E-state index in [9.17, 15) is 8.42 Å². The van der Waals surface area contributed by atoms with Crippen molar-refractivity contribution >= 4 is 21.6 Å². The highest BCUT2D eigenvalue weighted by Gasteiger charge is 2.20. The van der Waals surface area contributed by atoms with E-state index in [0.717, 1.165) is 11.3 Å². The van der Waals surface area contributed by atoms with Gasteiger partial charge in [-0.25, -0.2) is 13.1 Å². The maximum Gasteiger partial charge on any atom is 0.241 e. The van der Waals surface area contributed by atoms with Crippen LogP contribution in [0.4, 0.5) is 0 Å². The fourth-order valence-corrected chi connectivity index (χ4v) is 3.27. The zero-order chi connectivity index (χ0) is 14.9. The van der Waals surface area contributed by atoms with Gasteiger partial charge in [-0.1, -0.05) is 11.6 Å². The molecule has 1 aromatic heterocycles.